The molecule has 7 heteroatoms. The van der Waals surface area contributed by atoms with Crippen molar-refractivity contribution in [3.8, 4) is 21.9 Å². The van der Waals surface area contributed by atoms with Gasteiger partial charge >= 0.3 is 0 Å². The molecule has 5 nitrogen and oxygen atoms in total. The van der Waals surface area contributed by atoms with Crippen LogP contribution in [-0.2, 0) is 11.3 Å². The number of ether oxygens (including phenoxy) is 2. The summed E-state index contributed by atoms with van der Waals surface area (Å²) in [6.45, 7) is 4.49. The Kier molecular flexibility index (Phi) is 5.55. The number of nitrogen functional groups attached to an aromatic ring is 1. The van der Waals surface area contributed by atoms with Crippen molar-refractivity contribution in [3.05, 3.63) is 72.2 Å². The number of benzene rings is 2. The maximum atomic E-state index is 14.2. The molecule has 31 heavy (non-hydrogen) atoms. The van der Waals surface area contributed by atoms with Crippen molar-refractivity contribution in [3.63, 3.8) is 0 Å². The van der Waals surface area contributed by atoms with Crippen molar-refractivity contribution in [1.82, 2.24) is 9.88 Å². The molecule has 3 heterocycles. The minimum absolute atomic E-state index is 0.143. The summed E-state index contributed by atoms with van der Waals surface area (Å²) in [5.74, 6) is 0.232. The number of fused-ring (bicyclic) bond motifs is 1. The summed E-state index contributed by atoms with van der Waals surface area (Å²) in [4.78, 5) is 7.96. The molecule has 0 atom stereocenters. The lowest BCUT2D eigenvalue weighted by molar-refractivity contribution is 0.0342. The number of anilines is 1. The van der Waals surface area contributed by atoms with E-state index in [1.807, 2.05) is 6.07 Å². The largest absolute Gasteiger partial charge is 0.453 e. The number of rotatable bonds is 5. The molecule has 158 valence electrons. The van der Waals surface area contributed by atoms with E-state index >= 15 is 0 Å². The van der Waals surface area contributed by atoms with Crippen LogP contribution >= 0.6 is 11.3 Å². The predicted octanol–water partition coefficient (Wildman–Crippen LogP) is 5.31. The summed E-state index contributed by atoms with van der Waals surface area (Å²) in [6.07, 6.45) is 1.68. The fourth-order valence-corrected chi connectivity index (χ4v) is 4.72. The molecule has 1 aliphatic heterocycles. The Labute approximate surface area is 183 Å². The van der Waals surface area contributed by atoms with Gasteiger partial charge in [-0.3, -0.25) is 9.88 Å². The molecular formula is C24H22FN3O2S. The van der Waals surface area contributed by atoms with Crippen LogP contribution in [0.25, 0.3) is 20.7 Å². The second-order valence-electron chi connectivity index (χ2n) is 7.51. The third kappa shape index (κ3) is 4.39. The number of pyridine rings is 1. The van der Waals surface area contributed by atoms with Gasteiger partial charge in [-0.15, -0.1) is 11.3 Å². The van der Waals surface area contributed by atoms with E-state index in [1.165, 1.54) is 11.6 Å². The Bertz CT molecular complexity index is 1200. The third-order valence-electron chi connectivity index (χ3n) is 5.30. The Morgan fingerprint density at radius 2 is 1.84 bits per heavy atom. The maximum Gasteiger partial charge on any atom is 0.167 e. The number of aromatic nitrogens is 1. The normalized spacial score (nSPS) is 14.7. The molecule has 0 spiro atoms. The highest BCUT2D eigenvalue weighted by atomic mass is 32.1. The van der Waals surface area contributed by atoms with Crippen LogP contribution in [0.4, 0.5) is 10.1 Å². The molecule has 0 saturated carbocycles. The quantitative estimate of drug-likeness (QED) is 0.431. The van der Waals surface area contributed by atoms with Crippen LogP contribution in [0.1, 0.15) is 5.56 Å². The molecule has 1 saturated heterocycles. The van der Waals surface area contributed by atoms with Crippen molar-refractivity contribution in [1.29, 1.82) is 0 Å². The van der Waals surface area contributed by atoms with Crippen LogP contribution < -0.4 is 10.5 Å². The second kappa shape index (κ2) is 8.63. The van der Waals surface area contributed by atoms with E-state index in [-0.39, 0.29) is 5.75 Å². The lowest BCUT2D eigenvalue weighted by Crippen LogP contribution is -2.35. The number of morpholine rings is 1. The monoisotopic (exact) mass is 435 g/mol. The number of thiophene rings is 1. The van der Waals surface area contributed by atoms with E-state index in [0.717, 1.165) is 53.5 Å². The summed E-state index contributed by atoms with van der Waals surface area (Å²) in [7, 11) is 0. The highest BCUT2D eigenvalue weighted by Crippen LogP contribution is 2.39. The SMILES string of the molecule is Nc1ccc(Oc2ccnc3cc(-c4ccc(CN5CCOCC5)cc4)sc23)c(F)c1. The molecular weight excluding hydrogens is 413 g/mol. The Morgan fingerprint density at radius 1 is 1.03 bits per heavy atom. The van der Waals surface area contributed by atoms with E-state index in [4.69, 9.17) is 15.2 Å². The fourth-order valence-electron chi connectivity index (χ4n) is 3.65. The third-order valence-corrected chi connectivity index (χ3v) is 6.49. The maximum absolute atomic E-state index is 14.2. The highest BCUT2D eigenvalue weighted by molar-refractivity contribution is 7.22. The molecule has 2 aromatic heterocycles. The van der Waals surface area contributed by atoms with Crippen molar-refractivity contribution in [2.24, 2.45) is 0 Å². The number of halogens is 1. The number of hydrogen-bond donors (Lipinski definition) is 1. The minimum atomic E-state index is -0.488. The Balaban J connectivity index is 1.39. The van der Waals surface area contributed by atoms with E-state index < -0.39 is 5.82 Å². The molecule has 0 unspecified atom stereocenters. The smallest absolute Gasteiger partial charge is 0.167 e. The summed E-state index contributed by atoms with van der Waals surface area (Å²) in [5, 5.41) is 0. The number of hydrogen-bond acceptors (Lipinski definition) is 6. The van der Waals surface area contributed by atoms with Crippen LogP contribution in [0.2, 0.25) is 0 Å². The van der Waals surface area contributed by atoms with Crippen LogP contribution in [0.5, 0.6) is 11.5 Å². The van der Waals surface area contributed by atoms with Crippen LogP contribution in [0, 0.1) is 5.82 Å². The molecule has 4 aromatic rings. The van der Waals surface area contributed by atoms with Crippen molar-refractivity contribution in [2.45, 2.75) is 6.54 Å². The van der Waals surface area contributed by atoms with Gasteiger partial charge in [0.15, 0.2) is 11.6 Å². The Hall–Kier alpha value is -3.00. The molecule has 5 rings (SSSR count). The van der Waals surface area contributed by atoms with E-state index in [0.29, 0.717) is 11.4 Å². The molecule has 0 aliphatic carbocycles. The van der Waals surface area contributed by atoms with Gasteiger partial charge in [0.2, 0.25) is 0 Å². The fraction of sp³-hybridized carbons (Fsp3) is 0.208. The van der Waals surface area contributed by atoms with Gasteiger partial charge in [-0.2, -0.15) is 0 Å². The summed E-state index contributed by atoms with van der Waals surface area (Å²) < 4.78 is 26.3. The lowest BCUT2D eigenvalue weighted by atomic mass is 10.1. The summed E-state index contributed by atoms with van der Waals surface area (Å²) in [6, 6.07) is 16.8. The lowest BCUT2D eigenvalue weighted by Gasteiger charge is -2.26. The van der Waals surface area contributed by atoms with Gasteiger partial charge < -0.3 is 15.2 Å². The summed E-state index contributed by atoms with van der Waals surface area (Å²) in [5.41, 5.74) is 9.22. The first-order valence-electron chi connectivity index (χ1n) is 10.2. The average Bonchev–Trinajstić information content (AvgIpc) is 3.22. The molecule has 1 fully saturated rings. The van der Waals surface area contributed by atoms with Crippen LogP contribution in [0.3, 0.4) is 0 Å². The number of nitrogens with two attached hydrogens (primary N) is 1. The van der Waals surface area contributed by atoms with Gasteiger partial charge in [-0.05, 0) is 29.3 Å². The first kappa shape index (κ1) is 19.9. The van der Waals surface area contributed by atoms with Crippen molar-refractivity contribution >= 4 is 27.2 Å². The zero-order valence-electron chi connectivity index (χ0n) is 16.9. The van der Waals surface area contributed by atoms with E-state index in [9.17, 15) is 4.39 Å². The van der Waals surface area contributed by atoms with Gasteiger partial charge in [-0.25, -0.2) is 4.39 Å². The predicted molar refractivity (Wildman–Crippen MR) is 122 cm³/mol. The molecule has 0 amide bonds. The first-order chi connectivity index (χ1) is 15.2. The van der Waals surface area contributed by atoms with E-state index in [2.05, 4.69) is 34.1 Å². The van der Waals surface area contributed by atoms with Crippen molar-refractivity contribution in [2.75, 3.05) is 32.0 Å². The van der Waals surface area contributed by atoms with Crippen molar-refractivity contribution < 1.29 is 13.9 Å². The van der Waals surface area contributed by atoms with Gasteiger partial charge in [0.05, 0.1) is 23.4 Å². The Morgan fingerprint density at radius 3 is 2.61 bits per heavy atom. The molecule has 0 bridgehead atoms. The molecule has 0 radical (unpaired) electrons. The average molecular weight is 436 g/mol. The zero-order valence-corrected chi connectivity index (χ0v) is 17.7. The topological polar surface area (TPSA) is 60.6 Å². The van der Waals surface area contributed by atoms with Gasteiger partial charge in [0.1, 0.15) is 5.75 Å². The summed E-state index contributed by atoms with van der Waals surface area (Å²) >= 11 is 1.59. The minimum Gasteiger partial charge on any atom is -0.453 e. The number of nitrogens with zero attached hydrogens (tertiary/aromatic N) is 2. The second-order valence-corrected chi connectivity index (χ2v) is 8.56. The van der Waals surface area contributed by atoms with E-state index in [1.54, 1.807) is 35.7 Å². The zero-order chi connectivity index (χ0) is 21.2. The van der Waals surface area contributed by atoms with Gasteiger partial charge in [-0.1, -0.05) is 24.3 Å². The first-order valence-corrected chi connectivity index (χ1v) is 11.0. The molecule has 2 aromatic carbocycles. The van der Waals surface area contributed by atoms with Crippen LogP contribution in [0.15, 0.2) is 60.8 Å². The van der Waals surface area contributed by atoms with Gasteiger partial charge in [0, 0.05) is 48.5 Å². The molecule has 1 aliphatic rings. The van der Waals surface area contributed by atoms with Crippen LogP contribution in [-0.4, -0.2) is 36.2 Å². The molecule has 2 N–H and O–H groups in total. The standard InChI is InChI=1S/C24H22FN3O2S/c25-19-13-18(26)5-6-21(19)30-22-7-8-27-20-14-23(31-24(20)22)17-3-1-16(2-4-17)15-28-9-11-29-12-10-28/h1-8,13-14H,9-12,15,26H2. The van der Waals surface area contributed by atoms with Gasteiger partial charge in [0.25, 0.3) is 0 Å². The highest BCUT2D eigenvalue weighted by Gasteiger charge is 2.14.